The van der Waals surface area contributed by atoms with Crippen molar-refractivity contribution in [1.29, 1.82) is 0 Å². The van der Waals surface area contributed by atoms with Gasteiger partial charge >= 0.3 is 0 Å². The van der Waals surface area contributed by atoms with Crippen molar-refractivity contribution in [1.82, 2.24) is 5.32 Å². The van der Waals surface area contributed by atoms with Gasteiger partial charge in [-0.2, -0.15) is 0 Å². The number of carbonyl (C=O) groups is 1. The number of amides is 1. The SMILES string of the molecule is CC(C)(N)CNC(=O)Cc1ccc2c(c1)CCCC2.Cl. The molecule has 0 aromatic heterocycles. The molecule has 1 aliphatic carbocycles. The summed E-state index contributed by atoms with van der Waals surface area (Å²) in [6.45, 7) is 4.33. The molecule has 3 nitrogen and oxygen atoms in total. The molecule has 0 unspecified atom stereocenters. The summed E-state index contributed by atoms with van der Waals surface area (Å²) in [5.74, 6) is 0.0503. The first-order chi connectivity index (χ1) is 8.94. The summed E-state index contributed by atoms with van der Waals surface area (Å²) in [6.07, 6.45) is 5.34. The number of halogens is 1. The van der Waals surface area contributed by atoms with Crippen LogP contribution < -0.4 is 11.1 Å². The number of nitrogens with two attached hydrogens (primary N) is 1. The van der Waals surface area contributed by atoms with Gasteiger partial charge < -0.3 is 11.1 Å². The fourth-order valence-electron chi connectivity index (χ4n) is 2.47. The second-order valence-corrected chi connectivity index (χ2v) is 6.25. The Balaban J connectivity index is 0.00000200. The van der Waals surface area contributed by atoms with Gasteiger partial charge in [-0.15, -0.1) is 12.4 Å². The van der Waals surface area contributed by atoms with Crippen LogP contribution in [-0.4, -0.2) is 18.0 Å². The molecule has 0 heterocycles. The molecule has 20 heavy (non-hydrogen) atoms. The van der Waals surface area contributed by atoms with E-state index in [9.17, 15) is 4.79 Å². The van der Waals surface area contributed by atoms with Crippen LogP contribution in [0, 0.1) is 0 Å². The van der Waals surface area contributed by atoms with Crippen LogP contribution in [-0.2, 0) is 24.1 Å². The minimum absolute atomic E-state index is 0. The highest BCUT2D eigenvalue weighted by Crippen LogP contribution is 2.22. The molecule has 0 fully saturated rings. The smallest absolute Gasteiger partial charge is 0.224 e. The number of rotatable bonds is 4. The third-order valence-electron chi connectivity index (χ3n) is 3.52. The van der Waals surface area contributed by atoms with Crippen molar-refractivity contribution in [3.63, 3.8) is 0 Å². The Morgan fingerprint density at radius 2 is 1.90 bits per heavy atom. The van der Waals surface area contributed by atoms with Crippen LogP contribution in [0.25, 0.3) is 0 Å². The summed E-state index contributed by atoms with van der Waals surface area (Å²) in [7, 11) is 0. The Hall–Kier alpha value is -1.06. The second-order valence-electron chi connectivity index (χ2n) is 6.25. The van der Waals surface area contributed by atoms with Gasteiger partial charge in [0.15, 0.2) is 0 Å². The first-order valence-corrected chi connectivity index (χ1v) is 7.10. The maximum absolute atomic E-state index is 11.9. The fraction of sp³-hybridized carbons (Fsp3) is 0.562. The van der Waals surface area contributed by atoms with E-state index in [0.29, 0.717) is 13.0 Å². The van der Waals surface area contributed by atoms with E-state index in [0.717, 1.165) is 12.0 Å². The van der Waals surface area contributed by atoms with Gasteiger partial charge in [0.05, 0.1) is 6.42 Å². The molecule has 0 atom stereocenters. The molecule has 1 aliphatic rings. The van der Waals surface area contributed by atoms with Crippen molar-refractivity contribution in [3.05, 3.63) is 34.9 Å². The highest BCUT2D eigenvalue weighted by Gasteiger charge is 2.14. The summed E-state index contributed by atoms with van der Waals surface area (Å²) in [5.41, 5.74) is 9.49. The van der Waals surface area contributed by atoms with E-state index in [-0.39, 0.29) is 23.9 Å². The minimum atomic E-state index is -0.356. The molecule has 0 aliphatic heterocycles. The molecule has 3 N–H and O–H groups in total. The van der Waals surface area contributed by atoms with Crippen LogP contribution in [0.5, 0.6) is 0 Å². The van der Waals surface area contributed by atoms with Crippen LogP contribution in [0.1, 0.15) is 43.4 Å². The summed E-state index contributed by atoms with van der Waals surface area (Å²) in [6, 6.07) is 6.46. The third kappa shape index (κ3) is 5.14. The number of fused-ring (bicyclic) bond motifs is 1. The number of aryl methyl sites for hydroxylation is 2. The largest absolute Gasteiger partial charge is 0.354 e. The van der Waals surface area contributed by atoms with Gasteiger partial charge in [0, 0.05) is 12.1 Å². The zero-order valence-electron chi connectivity index (χ0n) is 12.4. The molecule has 0 spiro atoms. The lowest BCUT2D eigenvalue weighted by atomic mass is 9.90. The van der Waals surface area contributed by atoms with Crippen LogP contribution in [0.3, 0.4) is 0 Å². The predicted molar refractivity (Wildman–Crippen MR) is 85.3 cm³/mol. The number of carbonyl (C=O) groups excluding carboxylic acids is 1. The van der Waals surface area contributed by atoms with Crippen molar-refractivity contribution in [2.75, 3.05) is 6.54 Å². The normalized spacial score (nSPS) is 14.2. The summed E-state index contributed by atoms with van der Waals surface area (Å²) >= 11 is 0. The quantitative estimate of drug-likeness (QED) is 0.896. The monoisotopic (exact) mass is 296 g/mol. The number of hydrogen-bond donors (Lipinski definition) is 2. The van der Waals surface area contributed by atoms with Crippen molar-refractivity contribution in [3.8, 4) is 0 Å². The van der Waals surface area contributed by atoms with Gasteiger partial charge in [-0.05, 0) is 56.2 Å². The Labute approximate surface area is 127 Å². The van der Waals surface area contributed by atoms with Crippen LogP contribution in [0.15, 0.2) is 18.2 Å². The molecule has 0 radical (unpaired) electrons. The molecule has 0 saturated heterocycles. The van der Waals surface area contributed by atoms with Crippen LogP contribution in [0.2, 0.25) is 0 Å². The number of benzene rings is 1. The zero-order valence-corrected chi connectivity index (χ0v) is 13.2. The average Bonchev–Trinajstić information content (AvgIpc) is 2.35. The van der Waals surface area contributed by atoms with E-state index in [4.69, 9.17) is 5.73 Å². The van der Waals surface area contributed by atoms with E-state index in [1.54, 1.807) is 0 Å². The van der Waals surface area contributed by atoms with E-state index < -0.39 is 0 Å². The number of hydrogen-bond acceptors (Lipinski definition) is 2. The molecule has 1 aromatic rings. The highest BCUT2D eigenvalue weighted by molar-refractivity contribution is 5.85. The molecular weight excluding hydrogens is 272 g/mol. The Morgan fingerprint density at radius 3 is 2.55 bits per heavy atom. The molecule has 1 amide bonds. The van der Waals surface area contributed by atoms with Gasteiger partial charge in [0.1, 0.15) is 0 Å². The maximum Gasteiger partial charge on any atom is 0.224 e. The van der Waals surface area contributed by atoms with E-state index in [1.165, 1.54) is 30.4 Å². The standard InChI is InChI=1S/C16H24N2O.ClH/c1-16(2,17)11-18-15(19)10-12-7-8-13-5-3-4-6-14(13)9-12;/h7-9H,3-6,10-11,17H2,1-2H3,(H,18,19);1H. The van der Waals surface area contributed by atoms with Crippen LogP contribution >= 0.6 is 12.4 Å². The van der Waals surface area contributed by atoms with Gasteiger partial charge in [0.2, 0.25) is 5.91 Å². The lowest BCUT2D eigenvalue weighted by Gasteiger charge is -2.19. The van der Waals surface area contributed by atoms with E-state index in [2.05, 4.69) is 23.5 Å². The summed E-state index contributed by atoms with van der Waals surface area (Å²) in [5, 5.41) is 2.89. The average molecular weight is 297 g/mol. The first kappa shape index (κ1) is 17.0. The third-order valence-corrected chi connectivity index (χ3v) is 3.52. The number of nitrogens with one attached hydrogen (secondary N) is 1. The van der Waals surface area contributed by atoms with Gasteiger partial charge in [-0.1, -0.05) is 18.2 Å². The Kier molecular flexibility index (Phi) is 6.03. The lowest BCUT2D eigenvalue weighted by molar-refractivity contribution is -0.120. The summed E-state index contributed by atoms with van der Waals surface area (Å²) in [4.78, 5) is 11.9. The topological polar surface area (TPSA) is 55.1 Å². The molecule has 0 bridgehead atoms. The van der Waals surface area contributed by atoms with Crippen molar-refractivity contribution >= 4 is 18.3 Å². The van der Waals surface area contributed by atoms with E-state index in [1.807, 2.05) is 13.8 Å². The minimum Gasteiger partial charge on any atom is -0.354 e. The molecule has 112 valence electrons. The van der Waals surface area contributed by atoms with Gasteiger partial charge in [-0.3, -0.25) is 4.79 Å². The van der Waals surface area contributed by atoms with Crippen molar-refractivity contribution in [2.24, 2.45) is 5.73 Å². The second kappa shape index (κ2) is 7.09. The molecular formula is C16H25ClN2O. The molecule has 4 heteroatoms. The first-order valence-electron chi connectivity index (χ1n) is 7.10. The highest BCUT2D eigenvalue weighted by atomic mass is 35.5. The lowest BCUT2D eigenvalue weighted by Crippen LogP contribution is -2.45. The summed E-state index contributed by atoms with van der Waals surface area (Å²) < 4.78 is 0. The van der Waals surface area contributed by atoms with Crippen LogP contribution in [0.4, 0.5) is 0 Å². The van der Waals surface area contributed by atoms with Crippen molar-refractivity contribution in [2.45, 2.75) is 51.5 Å². The predicted octanol–water partition coefficient (Wildman–Crippen LogP) is 2.38. The molecule has 1 aromatic carbocycles. The maximum atomic E-state index is 11.9. The molecule has 2 rings (SSSR count). The van der Waals surface area contributed by atoms with Gasteiger partial charge in [-0.25, -0.2) is 0 Å². The fourth-order valence-corrected chi connectivity index (χ4v) is 2.47. The Bertz CT molecular complexity index is 466. The van der Waals surface area contributed by atoms with Crippen molar-refractivity contribution < 1.29 is 4.79 Å². The van der Waals surface area contributed by atoms with Gasteiger partial charge in [0.25, 0.3) is 0 Å². The Morgan fingerprint density at radius 1 is 1.25 bits per heavy atom. The van der Waals surface area contributed by atoms with E-state index >= 15 is 0 Å². The zero-order chi connectivity index (χ0) is 13.9. The molecule has 0 saturated carbocycles.